The summed E-state index contributed by atoms with van der Waals surface area (Å²) in [4.78, 5) is 33.2. The Kier molecular flexibility index (Phi) is 6.24. The van der Waals surface area contributed by atoms with Crippen LogP contribution in [0.2, 0.25) is 0 Å². The van der Waals surface area contributed by atoms with Crippen LogP contribution in [-0.4, -0.2) is 80.9 Å². The van der Waals surface area contributed by atoms with Gasteiger partial charge in [0.25, 0.3) is 0 Å². The summed E-state index contributed by atoms with van der Waals surface area (Å²) < 4.78 is 0. The van der Waals surface area contributed by atoms with Gasteiger partial charge in [0.05, 0.1) is 18.1 Å². The molecule has 4 atom stereocenters. The Morgan fingerprint density at radius 2 is 1.90 bits per heavy atom. The van der Waals surface area contributed by atoms with Crippen LogP contribution in [0.5, 0.6) is 0 Å². The van der Waals surface area contributed by atoms with E-state index in [-0.39, 0.29) is 29.5 Å². The van der Waals surface area contributed by atoms with E-state index in [1.165, 1.54) is 4.90 Å². The second-order valence-corrected chi connectivity index (χ2v) is 10.7. The molecule has 0 bridgehead atoms. The van der Waals surface area contributed by atoms with Gasteiger partial charge in [-0.3, -0.25) is 14.7 Å². The first kappa shape index (κ1) is 22.4. The molecule has 31 heavy (non-hydrogen) atoms. The summed E-state index contributed by atoms with van der Waals surface area (Å²) in [7, 11) is 0. The monoisotopic (exact) mass is 451 g/mol. The Balaban J connectivity index is 1.32. The van der Waals surface area contributed by atoms with Crippen LogP contribution in [0.4, 0.5) is 0 Å². The Morgan fingerprint density at radius 3 is 2.45 bits per heavy atom. The van der Waals surface area contributed by atoms with E-state index < -0.39 is 18.0 Å². The fourth-order valence-corrected chi connectivity index (χ4v) is 7.17. The number of aliphatic hydroxyl groups excluding tert-OH is 1. The van der Waals surface area contributed by atoms with E-state index in [2.05, 4.69) is 9.89 Å². The topological polar surface area (TPSA) is 145 Å². The number of aliphatic hydroxyl groups is 1. The third-order valence-electron chi connectivity index (χ3n) is 7.35. The van der Waals surface area contributed by atoms with Gasteiger partial charge in [-0.15, -0.1) is 11.8 Å². The average molecular weight is 452 g/mol. The van der Waals surface area contributed by atoms with Crippen molar-refractivity contribution in [2.24, 2.45) is 34.2 Å². The van der Waals surface area contributed by atoms with Crippen LogP contribution in [0.15, 0.2) is 15.6 Å². The van der Waals surface area contributed by atoms with Gasteiger partial charge in [-0.1, -0.05) is 6.92 Å². The summed E-state index contributed by atoms with van der Waals surface area (Å²) in [6.45, 7) is 6.17. The molecule has 3 fully saturated rings. The van der Waals surface area contributed by atoms with Gasteiger partial charge in [-0.2, -0.15) is 0 Å². The molecule has 4 rings (SSSR count). The van der Waals surface area contributed by atoms with E-state index >= 15 is 0 Å². The van der Waals surface area contributed by atoms with Crippen LogP contribution in [0.1, 0.15) is 39.5 Å². The predicted octanol–water partition coefficient (Wildman–Crippen LogP) is 0.390. The SMILES string of the molecule is C[C@@H](O)[C@H]1C(=O)N2C(C(=O)O)=C(SC3CN(C4CCC(CN=C(N)N)CC4)C3)[C@H](C)[C@H]12. The molecule has 172 valence electrons. The van der Waals surface area contributed by atoms with E-state index in [1.54, 1.807) is 18.7 Å². The first-order chi connectivity index (χ1) is 14.7. The molecule has 1 aliphatic carbocycles. The van der Waals surface area contributed by atoms with Crippen molar-refractivity contribution in [3.05, 3.63) is 10.6 Å². The van der Waals surface area contributed by atoms with Crippen molar-refractivity contribution in [3.63, 3.8) is 0 Å². The van der Waals surface area contributed by atoms with Gasteiger partial charge >= 0.3 is 5.97 Å². The number of carbonyl (C=O) groups excluding carboxylic acids is 1. The van der Waals surface area contributed by atoms with Crippen LogP contribution in [0.3, 0.4) is 0 Å². The Hall–Kier alpha value is -1.78. The minimum absolute atomic E-state index is 0.0616. The molecule has 0 radical (unpaired) electrons. The van der Waals surface area contributed by atoms with Gasteiger partial charge < -0.3 is 26.6 Å². The zero-order valence-electron chi connectivity index (χ0n) is 18.1. The average Bonchev–Trinajstić information content (AvgIpc) is 2.91. The lowest BCUT2D eigenvalue weighted by molar-refractivity contribution is -0.163. The van der Waals surface area contributed by atoms with Crippen molar-refractivity contribution in [3.8, 4) is 0 Å². The lowest BCUT2D eigenvalue weighted by Gasteiger charge is -2.47. The minimum atomic E-state index is -1.05. The lowest BCUT2D eigenvalue weighted by Crippen LogP contribution is -2.63. The molecule has 10 heteroatoms. The highest BCUT2D eigenvalue weighted by atomic mass is 32.2. The number of carboxylic acid groups (broad SMARTS) is 1. The number of aliphatic imine (C=N–C) groups is 1. The third kappa shape index (κ3) is 4.05. The molecule has 0 spiro atoms. The molecule has 9 nitrogen and oxygen atoms in total. The Labute approximate surface area is 186 Å². The first-order valence-electron chi connectivity index (χ1n) is 11.1. The van der Waals surface area contributed by atoms with Crippen molar-refractivity contribution in [1.82, 2.24) is 9.80 Å². The largest absolute Gasteiger partial charge is 0.477 e. The zero-order valence-corrected chi connectivity index (χ0v) is 18.9. The number of carbonyl (C=O) groups is 2. The Bertz CT molecular complexity index is 798. The van der Waals surface area contributed by atoms with Crippen molar-refractivity contribution in [2.45, 2.75) is 63.0 Å². The normalized spacial score (nSPS) is 34.7. The van der Waals surface area contributed by atoms with Crippen LogP contribution in [-0.2, 0) is 9.59 Å². The summed E-state index contributed by atoms with van der Waals surface area (Å²) in [5, 5.41) is 20.1. The summed E-state index contributed by atoms with van der Waals surface area (Å²) in [5.41, 5.74) is 11.0. The number of nitrogens with two attached hydrogens (primary N) is 2. The maximum Gasteiger partial charge on any atom is 0.353 e. The van der Waals surface area contributed by atoms with E-state index in [0.717, 1.165) is 43.7 Å². The number of likely N-dealkylation sites (tertiary alicyclic amines) is 1. The van der Waals surface area contributed by atoms with Crippen molar-refractivity contribution in [1.29, 1.82) is 0 Å². The highest BCUT2D eigenvalue weighted by Crippen LogP contribution is 2.52. The quantitative estimate of drug-likeness (QED) is 0.247. The second-order valence-electron chi connectivity index (χ2n) is 9.41. The summed E-state index contributed by atoms with van der Waals surface area (Å²) in [6, 6.07) is 0.333. The van der Waals surface area contributed by atoms with Gasteiger partial charge in [0.1, 0.15) is 5.70 Å². The fourth-order valence-electron chi connectivity index (χ4n) is 5.63. The molecule has 6 N–H and O–H groups in total. The number of hydrogen-bond acceptors (Lipinski definition) is 6. The van der Waals surface area contributed by atoms with Crippen LogP contribution in [0, 0.1) is 17.8 Å². The number of guanidine groups is 1. The maximum atomic E-state index is 12.5. The van der Waals surface area contributed by atoms with E-state index in [9.17, 15) is 19.8 Å². The molecule has 0 unspecified atom stereocenters. The molecule has 0 aromatic heterocycles. The highest BCUT2D eigenvalue weighted by Gasteiger charge is 2.60. The molecule has 0 aromatic carbocycles. The van der Waals surface area contributed by atoms with E-state index in [1.807, 2.05) is 6.92 Å². The van der Waals surface area contributed by atoms with Gasteiger partial charge in [-0.05, 0) is 38.5 Å². The van der Waals surface area contributed by atoms with E-state index in [0.29, 0.717) is 23.8 Å². The third-order valence-corrected chi connectivity index (χ3v) is 8.80. The number of thioether (sulfide) groups is 1. The number of aliphatic carboxylic acids is 1. The molecule has 3 heterocycles. The van der Waals surface area contributed by atoms with Crippen LogP contribution < -0.4 is 11.5 Å². The second kappa shape index (κ2) is 8.63. The van der Waals surface area contributed by atoms with Crippen molar-refractivity contribution < 1.29 is 19.8 Å². The summed E-state index contributed by atoms with van der Waals surface area (Å²) >= 11 is 1.62. The Morgan fingerprint density at radius 1 is 1.26 bits per heavy atom. The maximum absolute atomic E-state index is 12.5. The molecule has 1 saturated carbocycles. The van der Waals surface area contributed by atoms with Gasteiger partial charge in [-0.25, -0.2) is 4.79 Å². The van der Waals surface area contributed by atoms with Crippen LogP contribution >= 0.6 is 11.8 Å². The highest BCUT2D eigenvalue weighted by molar-refractivity contribution is 8.03. The molecular weight excluding hydrogens is 418 g/mol. The standard InChI is InChI=1S/C21H33N5O4S/c1-10-16-15(11(2)27)19(28)26(16)17(20(29)30)18(10)31-14-8-25(9-14)13-5-3-12(4-6-13)7-24-21(22)23/h10-16,27H,3-9H2,1-2H3,(H,29,30)(H4,22,23,24)/t10-,11-,12?,13?,15-,16-/m1/s1. The number of amides is 1. The smallest absolute Gasteiger partial charge is 0.353 e. The van der Waals surface area contributed by atoms with Crippen molar-refractivity contribution >= 4 is 29.6 Å². The number of β-lactam (4-membered cyclic amide) rings is 1. The fraction of sp³-hybridized carbons (Fsp3) is 0.762. The molecule has 2 saturated heterocycles. The summed E-state index contributed by atoms with van der Waals surface area (Å²) in [6.07, 6.45) is 3.77. The molecule has 4 aliphatic rings. The van der Waals surface area contributed by atoms with Gasteiger partial charge in [0.15, 0.2) is 5.96 Å². The first-order valence-corrected chi connectivity index (χ1v) is 12.0. The van der Waals surface area contributed by atoms with Gasteiger partial charge in [0.2, 0.25) is 5.91 Å². The number of nitrogens with zero attached hydrogens (tertiary/aromatic N) is 3. The van der Waals surface area contributed by atoms with Crippen LogP contribution in [0.25, 0.3) is 0 Å². The predicted molar refractivity (Wildman–Crippen MR) is 119 cm³/mol. The minimum Gasteiger partial charge on any atom is -0.477 e. The summed E-state index contributed by atoms with van der Waals surface area (Å²) in [5.74, 6) is -1.18. The van der Waals surface area contributed by atoms with E-state index in [4.69, 9.17) is 11.5 Å². The molecule has 1 amide bonds. The lowest BCUT2D eigenvalue weighted by atomic mass is 9.79. The number of hydrogen-bond donors (Lipinski definition) is 4. The molecule has 3 aliphatic heterocycles. The number of fused-ring (bicyclic) bond motifs is 1. The molecular formula is C21H33N5O4S. The number of carboxylic acids is 1. The zero-order chi connectivity index (χ0) is 22.4. The van der Waals surface area contributed by atoms with Crippen molar-refractivity contribution in [2.75, 3.05) is 19.6 Å². The van der Waals surface area contributed by atoms with Gasteiger partial charge in [0, 0.05) is 41.7 Å². The number of rotatable bonds is 7. The molecule has 0 aromatic rings.